The first-order chi connectivity index (χ1) is 12.0. The summed E-state index contributed by atoms with van der Waals surface area (Å²) in [7, 11) is 0. The first-order valence-electron chi connectivity index (χ1n) is 7.96. The number of carbonyl (C=O) groups is 2. The number of amides is 1. The Labute approximate surface area is 155 Å². The fourth-order valence-electron chi connectivity index (χ4n) is 2.50. The van der Waals surface area contributed by atoms with Crippen LogP contribution in [0.4, 0.5) is 0 Å². The van der Waals surface area contributed by atoms with Crippen molar-refractivity contribution in [2.45, 2.75) is 20.3 Å². The first kappa shape index (κ1) is 17.6. The van der Waals surface area contributed by atoms with Gasteiger partial charge in [0.15, 0.2) is 5.78 Å². The van der Waals surface area contributed by atoms with Crippen molar-refractivity contribution in [1.29, 1.82) is 0 Å². The number of nitrogens with zero attached hydrogens (tertiary/aromatic N) is 1. The van der Waals surface area contributed by atoms with Crippen molar-refractivity contribution in [2.75, 3.05) is 6.54 Å². The van der Waals surface area contributed by atoms with E-state index < -0.39 is 0 Å². The van der Waals surface area contributed by atoms with Crippen LogP contribution in [0, 0.1) is 0 Å². The molecule has 1 aliphatic rings. The lowest BCUT2D eigenvalue weighted by Gasteiger charge is -2.11. The summed E-state index contributed by atoms with van der Waals surface area (Å²) in [6.45, 7) is 4.18. The van der Waals surface area contributed by atoms with Crippen molar-refractivity contribution in [2.24, 2.45) is 0 Å². The van der Waals surface area contributed by atoms with Gasteiger partial charge < -0.3 is 4.42 Å². The van der Waals surface area contributed by atoms with Crippen LogP contribution in [0.1, 0.15) is 36.4 Å². The molecule has 1 fully saturated rings. The lowest BCUT2D eigenvalue weighted by molar-refractivity contribution is -0.122. The van der Waals surface area contributed by atoms with E-state index >= 15 is 0 Å². The summed E-state index contributed by atoms with van der Waals surface area (Å²) < 4.78 is 6.41. The zero-order valence-corrected chi connectivity index (χ0v) is 15.6. The lowest BCUT2D eigenvalue weighted by Crippen LogP contribution is -2.28. The molecule has 0 bridgehead atoms. The molecule has 1 aromatic heterocycles. The molecule has 128 valence electrons. The summed E-state index contributed by atoms with van der Waals surface area (Å²) in [6, 6.07) is 10.9. The van der Waals surface area contributed by atoms with Crippen molar-refractivity contribution in [3.8, 4) is 11.3 Å². The van der Waals surface area contributed by atoms with Gasteiger partial charge in [0, 0.05) is 23.7 Å². The van der Waals surface area contributed by atoms with Crippen molar-refractivity contribution in [3.05, 3.63) is 52.6 Å². The van der Waals surface area contributed by atoms with Crippen LogP contribution in [0.15, 0.2) is 45.7 Å². The maximum atomic E-state index is 12.4. The summed E-state index contributed by atoms with van der Waals surface area (Å²) in [5, 5.41) is 0. The molecule has 1 aliphatic heterocycles. The fourth-order valence-corrected chi connectivity index (χ4v) is 3.79. The van der Waals surface area contributed by atoms with Gasteiger partial charge in [-0.05, 0) is 25.5 Å². The Morgan fingerprint density at radius 3 is 2.60 bits per heavy atom. The van der Waals surface area contributed by atoms with Gasteiger partial charge in [-0.3, -0.25) is 14.5 Å². The van der Waals surface area contributed by atoms with Gasteiger partial charge in [0.05, 0.1) is 4.91 Å². The van der Waals surface area contributed by atoms with E-state index in [-0.39, 0.29) is 11.7 Å². The average molecular weight is 371 g/mol. The fraction of sp³-hybridized carbons (Fsp3) is 0.211. The Hall–Kier alpha value is -2.18. The van der Waals surface area contributed by atoms with Gasteiger partial charge >= 0.3 is 0 Å². The number of ketones is 1. The highest BCUT2D eigenvalue weighted by Crippen LogP contribution is 2.33. The molecule has 2 heterocycles. The minimum Gasteiger partial charge on any atom is -0.457 e. The van der Waals surface area contributed by atoms with E-state index in [1.54, 1.807) is 23.1 Å². The molecule has 0 aliphatic carbocycles. The molecule has 0 unspecified atom stereocenters. The molecule has 0 atom stereocenters. The van der Waals surface area contributed by atoms with Crippen LogP contribution >= 0.6 is 24.0 Å². The topological polar surface area (TPSA) is 50.5 Å². The maximum Gasteiger partial charge on any atom is 0.266 e. The van der Waals surface area contributed by atoms with Crippen molar-refractivity contribution in [1.82, 2.24) is 4.90 Å². The van der Waals surface area contributed by atoms with E-state index in [4.69, 9.17) is 16.6 Å². The second-order valence-corrected chi connectivity index (χ2v) is 7.34. The molecule has 3 rings (SSSR count). The molecule has 4 nitrogen and oxygen atoms in total. The smallest absolute Gasteiger partial charge is 0.266 e. The van der Waals surface area contributed by atoms with Gasteiger partial charge in [-0.15, -0.1) is 0 Å². The number of carbonyl (C=O) groups excluding carboxylic acids is 2. The highest BCUT2D eigenvalue weighted by Gasteiger charge is 2.31. The molecule has 0 radical (unpaired) electrons. The first-order valence-corrected chi connectivity index (χ1v) is 9.18. The molecule has 6 heteroatoms. The number of Topliss-reactive ketones (excluding diaryl/α,β-unsaturated/α-hetero) is 1. The molecule has 25 heavy (non-hydrogen) atoms. The van der Waals surface area contributed by atoms with Crippen LogP contribution in [0.2, 0.25) is 0 Å². The Bertz CT molecular complexity index is 865. The highest BCUT2D eigenvalue weighted by atomic mass is 32.2. The van der Waals surface area contributed by atoms with Crippen LogP contribution in [0.3, 0.4) is 0 Å². The largest absolute Gasteiger partial charge is 0.457 e. The zero-order valence-electron chi connectivity index (χ0n) is 13.9. The minimum atomic E-state index is -0.0689. The van der Waals surface area contributed by atoms with Gasteiger partial charge in [0.25, 0.3) is 5.91 Å². The van der Waals surface area contributed by atoms with Crippen molar-refractivity contribution < 1.29 is 14.0 Å². The van der Waals surface area contributed by atoms with Gasteiger partial charge in [-0.2, -0.15) is 0 Å². The minimum absolute atomic E-state index is 0.0285. The van der Waals surface area contributed by atoms with Crippen LogP contribution in [0.25, 0.3) is 17.4 Å². The standard InChI is InChI=1S/C19H17NO3S2/c1-3-10-20-18(22)17(25-19(20)24)11-15-8-9-16(23-15)14-6-4-13(5-7-14)12(2)21/h4-9,11H,3,10H2,1-2H3/b17-11-. The van der Waals surface area contributed by atoms with Crippen LogP contribution in [0.5, 0.6) is 0 Å². The SMILES string of the molecule is CCCN1C(=O)/C(=C/c2ccc(-c3ccc(C(C)=O)cc3)o2)SC1=S. The summed E-state index contributed by atoms with van der Waals surface area (Å²) in [6.07, 6.45) is 2.59. The second kappa shape index (κ2) is 7.37. The Kier molecular flexibility index (Phi) is 5.20. The molecule has 1 aromatic carbocycles. The number of furan rings is 1. The molecular weight excluding hydrogens is 354 g/mol. The third-order valence-corrected chi connectivity index (χ3v) is 5.17. The molecule has 0 saturated carbocycles. The summed E-state index contributed by atoms with van der Waals surface area (Å²) in [5.41, 5.74) is 1.54. The van der Waals surface area contributed by atoms with Crippen LogP contribution in [-0.2, 0) is 4.79 Å². The number of hydrogen-bond acceptors (Lipinski definition) is 5. The maximum absolute atomic E-state index is 12.4. The summed E-state index contributed by atoms with van der Waals surface area (Å²) >= 11 is 6.56. The third-order valence-electron chi connectivity index (χ3n) is 3.80. The number of hydrogen-bond donors (Lipinski definition) is 0. The number of thiocarbonyl (C=S) groups is 1. The molecule has 1 amide bonds. The third kappa shape index (κ3) is 3.75. The monoisotopic (exact) mass is 371 g/mol. The van der Waals surface area contributed by atoms with Crippen molar-refractivity contribution in [3.63, 3.8) is 0 Å². The van der Waals surface area contributed by atoms with Crippen LogP contribution < -0.4 is 0 Å². The van der Waals surface area contributed by atoms with E-state index in [1.807, 2.05) is 31.2 Å². The zero-order chi connectivity index (χ0) is 18.0. The molecular formula is C19H17NO3S2. The van der Waals surface area contributed by atoms with Crippen molar-refractivity contribution >= 4 is 46.1 Å². The van der Waals surface area contributed by atoms with E-state index in [0.29, 0.717) is 32.9 Å². The Morgan fingerprint density at radius 1 is 1.24 bits per heavy atom. The number of benzene rings is 1. The Morgan fingerprint density at radius 2 is 1.96 bits per heavy atom. The average Bonchev–Trinajstić information content (AvgIpc) is 3.16. The van der Waals surface area contributed by atoms with Gasteiger partial charge in [0.2, 0.25) is 0 Å². The van der Waals surface area contributed by atoms with Gasteiger partial charge in [-0.25, -0.2) is 0 Å². The highest BCUT2D eigenvalue weighted by molar-refractivity contribution is 8.26. The predicted molar refractivity (Wildman–Crippen MR) is 104 cm³/mol. The summed E-state index contributed by atoms with van der Waals surface area (Å²) in [4.78, 5) is 25.9. The molecule has 0 spiro atoms. The number of rotatable bonds is 5. The molecule has 2 aromatic rings. The predicted octanol–water partition coefficient (Wildman–Crippen LogP) is 4.76. The van der Waals surface area contributed by atoms with E-state index in [1.165, 1.54) is 18.7 Å². The van der Waals surface area contributed by atoms with Crippen LogP contribution in [-0.4, -0.2) is 27.5 Å². The Balaban J connectivity index is 1.81. The van der Waals surface area contributed by atoms with E-state index in [2.05, 4.69) is 0 Å². The quantitative estimate of drug-likeness (QED) is 0.431. The lowest BCUT2D eigenvalue weighted by atomic mass is 10.1. The normalized spacial score (nSPS) is 16.1. The van der Waals surface area contributed by atoms with Gasteiger partial charge in [0.1, 0.15) is 15.8 Å². The summed E-state index contributed by atoms with van der Waals surface area (Å²) in [5.74, 6) is 1.24. The van der Waals surface area contributed by atoms with E-state index in [9.17, 15) is 9.59 Å². The molecule has 0 N–H and O–H groups in total. The number of thioether (sulfide) groups is 1. The van der Waals surface area contributed by atoms with Gasteiger partial charge in [-0.1, -0.05) is 55.2 Å². The van der Waals surface area contributed by atoms with E-state index in [0.717, 1.165) is 12.0 Å². The second-order valence-electron chi connectivity index (χ2n) is 5.67. The molecule has 1 saturated heterocycles.